The predicted octanol–water partition coefficient (Wildman–Crippen LogP) is 6.01. The third-order valence-electron chi connectivity index (χ3n) is 3.99. The van der Waals surface area contributed by atoms with Gasteiger partial charge in [-0.05, 0) is 48.5 Å². The molecule has 3 aromatic carbocycles. The Balaban J connectivity index is 2.02. The average molecular weight is 348 g/mol. The van der Waals surface area contributed by atoms with Gasteiger partial charge in [-0.25, -0.2) is 0 Å². The lowest BCUT2D eigenvalue weighted by Crippen LogP contribution is -2.20. The Morgan fingerprint density at radius 1 is 0.640 bits per heavy atom. The molecule has 0 aliphatic rings. The van der Waals surface area contributed by atoms with Gasteiger partial charge in [-0.2, -0.15) is 0 Å². The molecule has 0 amide bonds. The van der Waals surface area contributed by atoms with Gasteiger partial charge in [0.1, 0.15) is 0 Å². The number of ketones is 1. The quantitative estimate of drug-likeness (QED) is 0.417. The molecule has 2 heteroatoms. The van der Waals surface area contributed by atoms with Crippen LogP contribution in [0.3, 0.4) is 0 Å². The first-order valence-electron chi connectivity index (χ1n) is 8.46. The molecule has 25 heavy (non-hydrogen) atoms. The van der Waals surface area contributed by atoms with Crippen LogP contribution in [0.25, 0.3) is 0 Å². The highest BCUT2D eigenvalue weighted by molar-refractivity contribution is 7.97. The van der Waals surface area contributed by atoms with E-state index in [-0.39, 0.29) is 22.1 Å². The van der Waals surface area contributed by atoms with E-state index in [1.54, 1.807) is 0 Å². The fourth-order valence-electron chi connectivity index (χ4n) is 2.70. The Kier molecular flexibility index (Phi) is 5.10. The summed E-state index contributed by atoms with van der Waals surface area (Å²) in [7, 11) is -0.169. The summed E-state index contributed by atoms with van der Waals surface area (Å²) in [5.74, 6) is 0.179. The highest BCUT2D eigenvalue weighted by Gasteiger charge is 2.29. The van der Waals surface area contributed by atoms with E-state index in [0.29, 0.717) is 0 Å². The number of hydrogen-bond donors (Lipinski definition) is 0. The molecule has 0 saturated carbocycles. The third-order valence-corrected chi connectivity index (χ3v) is 6.22. The summed E-state index contributed by atoms with van der Waals surface area (Å²) in [5.41, 5.74) is 0.420. The minimum absolute atomic E-state index is 0.169. The molecule has 0 saturated heterocycles. The normalized spacial score (nSPS) is 11.5. The zero-order chi connectivity index (χ0) is 17.9. The van der Waals surface area contributed by atoms with Crippen molar-refractivity contribution in [2.45, 2.75) is 35.5 Å². The molecule has 0 aliphatic carbocycles. The maximum atomic E-state index is 12.5. The molecular formula is C23H23OS+. The van der Waals surface area contributed by atoms with E-state index in [9.17, 15) is 4.79 Å². The largest absolute Gasteiger partial charge is 0.294 e. The second-order valence-corrected chi connectivity index (χ2v) is 9.06. The molecule has 0 N–H and O–H groups in total. The zero-order valence-electron chi connectivity index (χ0n) is 14.9. The average Bonchev–Trinajstić information content (AvgIpc) is 2.63. The summed E-state index contributed by atoms with van der Waals surface area (Å²) >= 11 is 0. The Morgan fingerprint density at radius 2 is 1.04 bits per heavy atom. The lowest BCUT2D eigenvalue weighted by atomic mass is 9.87. The molecule has 0 radical (unpaired) electrons. The fourth-order valence-corrected chi connectivity index (χ4v) is 4.78. The number of carbonyl (C=O) groups is 1. The van der Waals surface area contributed by atoms with Gasteiger partial charge in [0.15, 0.2) is 20.5 Å². The van der Waals surface area contributed by atoms with Crippen LogP contribution in [0.5, 0.6) is 0 Å². The van der Waals surface area contributed by atoms with Crippen LogP contribution in [0, 0.1) is 5.41 Å². The van der Waals surface area contributed by atoms with Crippen molar-refractivity contribution in [1.82, 2.24) is 0 Å². The van der Waals surface area contributed by atoms with Crippen LogP contribution >= 0.6 is 0 Å². The van der Waals surface area contributed by atoms with Crippen LogP contribution in [0.1, 0.15) is 31.1 Å². The molecule has 0 fully saturated rings. The van der Waals surface area contributed by atoms with E-state index >= 15 is 0 Å². The lowest BCUT2D eigenvalue weighted by Gasteiger charge is -2.16. The van der Waals surface area contributed by atoms with E-state index in [0.717, 1.165) is 5.56 Å². The summed E-state index contributed by atoms with van der Waals surface area (Å²) < 4.78 is 0. The molecule has 3 aromatic rings. The van der Waals surface area contributed by atoms with E-state index in [4.69, 9.17) is 0 Å². The SMILES string of the molecule is CC(C)(C)C(=O)c1ccc([S+](c2ccccc2)c2ccccc2)cc1. The molecule has 0 aromatic heterocycles. The molecule has 0 unspecified atom stereocenters. The first-order valence-corrected chi connectivity index (χ1v) is 9.68. The summed E-state index contributed by atoms with van der Waals surface area (Å²) in [4.78, 5) is 16.3. The van der Waals surface area contributed by atoms with E-state index in [2.05, 4.69) is 60.7 Å². The van der Waals surface area contributed by atoms with Gasteiger partial charge in [-0.15, -0.1) is 0 Å². The molecule has 0 heterocycles. The first kappa shape index (κ1) is 17.5. The maximum absolute atomic E-state index is 12.5. The Hall–Kier alpha value is -2.32. The van der Waals surface area contributed by atoms with Crippen molar-refractivity contribution in [3.05, 3.63) is 90.5 Å². The van der Waals surface area contributed by atoms with Gasteiger partial charge in [0, 0.05) is 11.0 Å². The Morgan fingerprint density at radius 3 is 1.44 bits per heavy atom. The molecule has 0 atom stereocenters. The standard InChI is InChI=1S/C23H23OS/c1-23(2,3)22(24)18-14-16-21(17-15-18)25(19-10-6-4-7-11-19)20-12-8-5-9-13-20/h4-17H,1-3H3/q+1. The second kappa shape index (κ2) is 7.28. The Bertz CT molecular complexity index is 791. The molecule has 0 aliphatic heterocycles. The summed E-state index contributed by atoms with van der Waals surface area (Å²) in [6, 6.07) is 29.2. The topological polar surface area (TPSA) is 17.1 Å². The zero-order valence-corrected chi connectivity index (χ0v) is 15.7. The van der Waals surface area contributed by atoms with E-state index in [1.165, 1.54) is 14.7 Å². The molecule has 3 rings (SSSR count). The molecular weight excluding hydrogens is 324 g/mol. The molecule has 126 valence electrons. The minimum atomic E-state index is -0.359. The smallest absolute Gasteiger partial charge is 0.168 e. The minimum Gasteiger partial charge on any atom is -0.294 e. The first-order chi connectivity index (χ1) is 12.0. The number of carbonyl (C=O) groups excluding carboxylic acids is 1. The van der Waals surface area contributed by atoms with Gasteiger partial charge in [0.2, 0.25) is 0 Å². The summed E-state index contributed by atoms with van der Waals surface area (Å²) in [5, 5.41) is 0. The van der Waals surface area contributed by atoms with Gasteiger partial charge in [0.25, 0.3) is 0 Å². The van der Waals surface area contributed by atoms with Crippen molar-refractivity contribution in [2.24, 2.45) is 5.41 Å². The van der Waals surface area contributed by atoms with Gasteiger partial charge in [0.05, 0.1) is 10.9 Å². The second-order valence-electron chi connectivity index (χ2n) is 7.04. The van der Waals surface area contributed by atoms with Gasteiger partial charge < -0.3 is 0 Å². The molecule has 0 bridgehead atoms. The van der Waals surface area contributed by atoms with Crippen molar-refractivity contribution in [1.29, 1.82) is 0 Å². The van der Waals surface area contributed by atoms with Crippen molar-refractivity contribution in [3.63, 3.8) is 0 Å². The highest BCUT2D eigenvalue weighted by atomic mass is 32.2. The monoisotopic (exact) mass is 347 g/mol. The predicted molar refractivity (Wildman–Crippen MR) is 105 cm³/mol. The van der Waals surface area contributed by atoms with Crippen LogP contribution in [0.4, 0.5) is 0 Å². The van der Waals surface area contributed by atoms with Crippen LogP contribution in [-0.2, 0) is 10.9 Å². The number of Topliss-reactive ketones (excluding diaryl/α,β-unsaturated/α-hetero) is 1. The van der Waals surface area contributed by atoms with Crippen LogP contribution in [0.2, 0.25) is 0 Å². The fraction of sp³-hybridized carbons (Fsp3) is 0.174. The number of hydrogen-bond acceptors (Lipinski definition) is 1. The van der Waals surface area contributed by atoms with Crippen LogP contribution in [0.15, 0.2) is 99.6 Å². The van der Waals surface area contributed by atoms with Crippen molar-refractivity contribution in [3.8, 4) is 0 Å². The Labute approximate surface area is 153 Å². The van der Waals surface area contributed by atoms with Crippen LogP contribution < -0.4 is 0 Å². The molecule has 0 spiro atoms. The maximum Gasteiger partial charge on any atom is 0.168 e. The number of benzene rings is 3. The van der Waals surface area contributed by atoms with Crippen molar-refractivity contribution >= 4 is 16.7 Å². The number of rotatable bonds is 4. The van der Waals surface area contributed by atoms with E-state index in [1.807, 2.05) is 45.0 Å². The van der Waals surface area contributed by atoms with Gasteiger partial charge in [-0.3, -0.25) is 4.79 Å². The van der Waals surface area contributed by atoms with Crippen molar-refractivity contribution < 1.29 is 4.79 Å². The summed E-state index contributed by atoms with van der Waals surface area (Å²) in [6.45, 7) is 5.88. The van der Waals surface area contributed by atoms with Crippen LogP contribution in [-0.4, -0.2) is 5.78 Å². The van der Waals surface area contributed by atoms with Gasteiger partial charge >= 0.3 is 0 Å². The third kappa shape index (κ3) is 4.02. The summed E-state index contributed by atoms with van der Waals surface area (Å²) in [6.07, 6.45) is 0. The molecule has 1 nitrogen and oxygen atoms in total. The van der Waals surface area contributed by atoms with Crippen molar-refractivity contribution in [2.75, 3.05) is 0 Å². The van der Waals surface area contributed by atoms with E-state index < -0.39 is 0 Å². The lowest BCUT2D eigenvalue weighted by molar-refractivity contribution is 0.0858. The van der Waals surface area contributed by atoms with Gasteiger partial charge in [-0.1, -0.05) is 57.2 Å². The highest BCUT2D eigenvalue weighted by Crippen LogP contribution is 2.31.